The van der Waals surface area contributed by atoms with Gasteiger partial charge in [-0.05, 0) is 0 Å². The van der Waals surface area contributed by atoms with Gasteiger partial charge in [0.2, 0.25) is 0 Å². The summed E-state index contributed by atoms with van der Waals surface area (Å²) in [5.74, 6) is -0.961. The van der Waals surface area contributed by atoms with Gasteiger partial charge in [-0.25, -0.2) is 0 Å². The van der Waals surface area contributed by atoms with Gasteiger partial charge < -0.3 is 28.4 Å². The number of carbonyl (C=O) groups is 2. The van der Waals surface area contributed by atoms with Crippen molar-refractivity contribution < 1.29 is 38.0 Å². The molecule has 0 aliphatic carbocycles. The number of rotatable bonds is 4. The minimum atomic E-state index is -0.875. The smallest absolute Gasteiger partial charge is 0.353 e. The Balaban J connectivity index is 2.16. The summed E-state index contributed by atoms with van der Waals surface area (Å²) in [4.78, 5) is 22.1. The van der Waals surface area contributed by atoms with Crippen LogP contribution < -0.4 is 0 Å². The third kappa shape index (κ3) is 3.60. The third-order valence-corrected chi connectivity index (χ3v) is 3.23. The van der Waals surface area contributed by atoms with Crippen molar-refractivity contribution in [1.82, 2.24) is 0 Å². The molecule has 0 amide bonds. The van der Waals surface area contributed by atoms with Crippen molar-refractivity contribution in [2.45, 2.75) is 44.6 Å². The molecule has 0 unspecified atom stereocenters. The predicted molar refractivity (Wildman–Crippen MR) is 70.2 cm³/mol. The summed E-state index contributed by atoms with van der Waals surface area (Å²) in [6, 6.07) is 0. The highest BCUT2D eigenvalue weighted by Gasteiger charge is 2.55. The molecule has 5 atom stereocenters. The molecule has 21 heavy (non-hydrogen) atoms. The molecule has 0 bridgehead atoms. The fourth-order valence-electron chi connectivity index (χ4n) is 2.25. The summed E-state index contributed by atoms with van der Waals surface area (Å²) in [7, 11) is 1.40. The lowest BCUT2D eigenvalue weighted by molar-refractivity contribution is -0.279. The predicted octanol–water partition coefficient (Wildman–Crippen LogP) is -0.0786. The van der Waals surface area contributed by atoms with Crippen molar-refractivity contribution in [3.05, 3.63) is 0 Å². The Labute approximate surface area is 126 Å². The van der Waals surface area contributed by atoms with Gasteiger partial charge in [-0.2, -0.15) is 0 Å². The van der Waals surface area contributed by atoms with E-state index in [0.717, 1.165) is 0 Å². The van der Waals surface area contributed by atoms with Gasteiger partial charge in [0.05, 0.1) is 0 Å². The second-order valence-electron chi connectivity index (χ2n) is 4.57. The van der Waals surface area contributed by atoms with E-state index in [1.807, 2.05) is 0 Å². The van der Waals surface area contributed by atoms with Gasteiger partial charge in [0.25, 0.3) is 0 Å². The van der Waals surface area contributed by atoms with Crippen LogP contribution >= 0.6 is 12.2 Å². The minimum Gasteiger partial charge on any atom is -0.463 e. The molecule has 0 radical (unpaired) electrons. The van der Waals surface area contributed by atoms with Gasteiger partial charge in [0.15, 0.2) is 24.6 Å². The Morgan fingerprint density at radius 2 is 1.86 bits per heavy atom. The maximum absolute atomic E-state index is 11.2. The molecule has 118 valence electrons. The summed E-state index contributed by atoms with van der Waals surface area (Å²) in [6.07, 6.45) is -3.67. The first-order valence-corrected chi connectivity index (χ1v) is 6.69. The number of esters is 2. The Morgan fingerprint density at radius 3 is 2.43 bits per heavy atom. The minimum absolute atomic E-state index is 0.0465. The highest BCUT2D eigenvalue weighted by molar-refractivity contribution is 7.79. The van der Waals surface area contributed by atoms with Crippen LogP contribution in [0.5, 0.6) is 0 Å². The van der Waals surface area contributed by atoms with Crippen molar-refractivity contribution in [2.24, 2.45) is 0 Å². The van der Waals surface area contributed by atoms with Gasteiger partial charge in [-0.3, -0.25) is 9.59 Å². The van der Waals surface area contributed by atoms with Crippen molar-refractivity contribution in [3.63, 3.8) is 0 Å². The molecule has 8 nitrogen and oxygen atoms in total. The lowest BCUT2D eigenvalue weighted by Crippen LogP contribution is -2.59. The number of fused-ring (bicyclic) bond motifs is 1. The fraction of sp³-hybridized carbons (Fsp3) is 0.750. The van der Waals surface area contributed by atoms with E-state index in [0.29, 0.717) is 0 Å². The molecule has 2 aliphatic rings. The molecule has 0 spiro atoms. The van der Waals surface area contributed by atoms with Crippen LogP contribution in [0.2, 0.25) is 0 Å². The second kappa shape index (κ2) is 6.54. The van der Waals surface area contributed by atoms with E-state index in [1.165, 1.54) is 21.0 Å². The second-order valence-corrected chi connectivity index (χ2v) is 4.90. The number of thiocarbonyl (C=S) groups is 1. The first-order valence-electron chi connectivity index (χ1n) is 6.28. The van der Waals surface area contributed by atoms with E-state index in [9.17, 15) is 9.59 Å². The van der Waals surface area contributed by atoms with Crippen molar-refractivity contribution in [3.8, 4) is 0 Å². The van der Waals surface area contributed by atoms with Crippen LogP contribution in [0.3, 0.4) is 0 Å². The standard InChI is InChI=1S/C12H16O8S/c1-5(13)16-4-7-8-9(20-12(21)19-8)10(17-6(2)14)11(15-3)18-7/h7-11H,4H2,1-3H3/t7-,8+,9+,10-,11+/m1/s1. The molecule has 0 saturated carbocycles. The lowest BCUT2D eigenvalue weighted by Gasteiger charge is -2.39. The van der Waals surface area contributed by atoms with E-state index in [4.69, 9.17) is 40.6 Å². The number of ether oxygens (including phenoxy) is 6. The molecule has 9 heteroatoms. The average molecular weight is 320 g/mol. The lowest BCUT2D eigenvalue weighted by atomic mass is 9.99. The van der Waals surface area contributed by atoms with Crippen LogP contribution in [-0.2, 0) is 38.0 Å². The summed E-state index contributed by atoms with van der Waals surface area (Å²) >= 11 is 4.87. The number of hydrogen-bond acceptors (Lipinski definition) is 9. The highest BCUT2D eigenvalue weighted by atomic mass is 32.1. The van der Waals surface area contributed by atoms with E-state index in [-0.39, 0.29) is 11.8 Å². The Kier molecular flexibility index (Phi) is 4.96. The number of carbonyl (C=O) groups excluding carboxylic acids is 2. The zero-order valence-corrected chi connectivity index (χ0v) is 12.6. The van der Waals surface area contributed by atoms with Gasteiger partial charge in [-0.15, -0.1) is 0 Å². The van der Waals surface area contributed by atoms with Gasteiger partial charge >= 0.3 is 17.2 Å². The Morgan fingerprint density at radius 1 is 1.19 bits per heavy atom. The van der Waals surface area contributed by atoms with E-state index >= 15 is 0 Å². The zero-order chi connectivity index (χ0) is 15.6. The first kappa shape index (κ1) is 15.9. The zero-order valence-electron chi connectivity index (χ0n) is 11.8. The molecule has 0 N–H and O–H groups in total. The SMILES string of the molecule is CO[C@H]1O[C@H](COC(C)=O)[C@@H]2OC(=S)O[C@@H]2[C@H]1OC(C)=O. The molecule has 0 aromatic carbocycles. The molecule has 2 saturated heterocycles. The maximum atomic E-state index is 11.2. The summed E-state index contributed by atoms with van der Waals surface area (Å²) in [6.45, 7) is 2.50. The van der Waals surface area contributed by atoms with Crippen molar-refractivity contribution >= 4 is 29.4 Å². The molecular weight excluding hydrogens is 304 g/mol. The molecule has 2 fully saturated rings. The summed E-state index contributed by atoms with van der Waals surface area (Å²) in [5, 5.41) is -0.0738. The normalized spacial score (nSPS) is 34.4. The van der Waals surface area contributed by atoms with Crippen LogP contribution in [0.15, 0.2) is 0 Å². The molecule has 2 heterocycles. The molecular formula is C12H16O8S. The van der Waals surface area contributed by atoms with Gasteiger partial charge in [0.1, 0.15) is 12.7 Å². The monoisotopic (exact) mass is 320 g/mol. The molecule has 2 rings (SSSR count). The van der Waals surface area contributed by atoms with Gasteiger partial charge in [0, 0.05) is 33.2 Å². The number of methoxy groups -OCH3 is 1. The van der Waals surface area contributed by atoms with E-state index in [2.05, 4.69) is 0 Å². The van der Waals surface area contributed by atoms with E-state index in [1.54, 1.807) is 0 Å². The maximum Gasteiger partial charge on any atom is 0.353 e. The van der Waals surface area contributed by atoms with Crippen LogP contribution in [0.4, 0.5) is 0 Å². The van der Waals surface area contributed by atoms with Crippen LogP contribution in [-0.4, -0.2) is 61.6 Å². The highest BCUT2D eigenvalue weighted by Crippen LogP contribution is 2.33. The quantitative estimate of drug-likeness (QED) is 0.521. The molecule has 2 aliphatic heterocycles. The summed E-state index contributed by atoms with van der Waals surface area (Å²) < 4.78 is 31.6. The third-order valence-electron chi connectivity index (χ3n) is 3.04. The van der Waals surface area contributed by atoms with E-state index < -0.39 is 42.6 Å². The summed E-state index contributed by atoms with van der Waals surface area (Å²) in [5.41, 5.74) is 0. The molecule has 0 aromatic heterocycles. The van der Waals surface area contributed by atoms with Crippen molar-refractivity contribution in [1.29, 1.82) is 0 Å². The Bertz CT molecular complexity index is 439. The molecule has 0 aromatic rings. The average Bonchev–Trinajstić information content (AvgIpc) is 2.78. The number of hydrogen-bond donors (Lipinski definition) is 0. The first-order chi connectivity index (χ1) is 9.92. The largest absolute Gasteiger partial charge is 0.463 e. The Hall–Kier alpha value is -1.45. The fourth-order valence-corrected chi connectivity index (χ4v) is 2.47. The van der Waals surface area contributed by atoms with Crippen LogP contribution in [0.25, 0.3) is 0 Å². The van der Waals surface area contributed by atoms with Crippen LogP contribution in [0, 0.1) is 0 Å². The van der Waals surface area contributed by atoms with Gasteiger partial charge in [-0.1, -0.05) is 0 Å². The van der Waals surface area contributed by atoms with Crippen molar-refractivity contribution in [2.75, 3.05) is 13.7 Å². The topological polar surface area (TPSA) is 89.5 Å². The van der Waals surface area contributed by atoms with Crippen LogP contribution in [0.1, 0.15) is 13.8 Å².